The van der Waals surface area contributed by atoms with Crippen molar-refractivity contribution in [3.05, 3.63) is 59.9 Å². The number of hydrogen-bond donors (Lipinski definition) is 1. The largest absolute Gasteiger partial charge is 0.323 e. The Kier molecular flexibility index (Phi) is 2.95. The molecule has 0 aromatic heterocycles. The molecule has 2 aromatic carbocycles. The predicted molar refractivity (Wildman–Crippen MR) is 73.1 cm³/mol. The molecule has 0 radical (unpaired) electrons. The fraction of sp³-hybridized carbons (Fsp3) is 0.0667. The lowest BCUT2D eigenvalue weighted by molar-refractivity contribution is -0.115. The van der Waals surface area contributed by atoms with Crippen LogP contribution in [0.1, 0.15) is 10.4 Å². The maximum absolute atomic E-state index is 13.4. The first kappa shape index (κ1) is 12.3. The first-order valence-electron chi connectivity index (χ1n) is 6.11. The van der Waals surface area contributed by atoms with E-state index in [-0.39, 0.29) is 18.4 Å². The smallest absolute Gasteiger partial charge is 0.258 e. The zero-order chi connectivity index (χ0) is 14.1. The molecule has 1 N–H and O–H groups in total. The highest BCUT2D eigenvalue weighted by Gasteiger charge is 2.27. The summed E-state index contributed by atoms with van der Waals surface area (Å²) < 4.78 is 13.4. The highest BCUT2D eigenvalue weighted by atomic mass is 19.1. The van der Waals surface area contributed by atoms with E-state index in [1.165, 1.54) is 23.1 Å². The van der Waals surface area contributed by atoms with Crippen LogP contribution in [0.3, 0.4) is 0 Å². The average molecular weight is 270 g/mol. The summed E-state index contributed by atoms with van der Waals surface area (Å²) in [7, 11) is 0. The van der Waals surface area contributed by atoms with Gasteiger partial charge in [0.25, 0.3) is 5.91 Å². The Balaban J connectivity index is 2.04. The van der Waals surface area contributed by atoms with E-state index in [9.17, 15) is 14.0 Å². The first-order chi connectivity index (χ1) is 9.65. The van der Waals surface area contributed by atoms with Gasteiger partial charge in [0.1, 0.15) is 12.4 Å². The van der Waals surface area contributed by atoms with Crippen LogP contribution >= 0.6 is 0 Å². The Labute approximate surface area is 114 Å². The molecule has 0 saturated carbocycles. The second-order valence-electron chi connectivity index (χ2n) is 4.47. The van der Waals surface area contributed by atoms with Gasteiger partial charge in [-0.05, 0) is 30.3 Å². The lowest BCUT2D eigenvalue weighted by Crippen LogP contribution is -2.42. The maximum Gasteiger partial charge on any atom is 0.258 e. The zero-order valence-electron chi connectivity index (χ0n) is 10.5. The van der Waals surface area contributed by atoms with Gasteiger partial charge in [-0.1, -0.05) is 18.2 Å². The minimum Gasteiger partial charge on any atom is -0.323 e. The molecule has 0 atom stereocenters. The van der Waals surface area contributed by atoms with Crippen molar-refractivity contribution < 1.29 is 14.0 Å². The van der Waals surface area contributed by atoms with Gasteiger partial charge in [-0.2, -0.15) is 0 Å². The molecule has 0 aliphatic carbocycles. The number of nitrogens with zero attached hydrogens (tertiary/aromatic N) is 1. The minimum absolute atomic E-state index is 0.121. The van der Waals surface area contributed by atoms with E-state index in [2.05, 4.69) is 5.32 Å². The number of fused-ring (bicyclic) bond motifs is 1. The van der Waals surface area contributed by atoms with Crippen LogP contribution in [-0.2, 0) is 4.79 Å². The molecule has 0 bridgehead atoms. The predicted octanol–water partition coefficient (Wildman–Crippen LogP) is 2.42. The standard InChI is InChI=1S/C15H11FN2O2/c16-11-6-7-12-13(8-11)18(9-14(19)17-12)15(20)10-4-2-1-3-5-10/h1-8H,9H2,(H,17,19). The van der Waals surface area contributed by atoms with E-state index in [1.54, 1.807) is 30.3 Å². The molecule has 20 heavy (non-hydrogen) atoms. The molecule has 4 nitrogen and oxygen atoms in total. The van der Waals surface area contributed by atoms with E-state index in [1.807, 2.05) is 0 Å². The topological polar surface area (TPSA) is 49.4 Å². The van der Waals surface area contributed by atoms with Crippen LogP contribution in [0.15, 0.2) is 48.5 Å². The summed E-state index contributed by atoms with van der Waals surface area (Å²) in [5.41, 5.74) is 1.27. The van der Waals surface area contributed by atoms with E-state index < -0.39 is 5.82 Å². The number of halogens is 1. The van der Waals surface area contributed by atoms with Crippen LogP contribution in [0.5, 0.6) is 0 Å². The number of carbonyl (C=O) groups is 2. The van der Waals surface area contributed by atoms with Crippen LogP contribution in [0.25, 0.3) is 0 Å². The van der Waals surface area contributed by atoms with Crippen molar-refractivity contribution in [3.63, 3.8) is 0 Å². The monoisotopic (exact) mass is 270 g/mol. The van der Waals surface area contributed by atoms with Gasteiger partial charge in [0.05, 0.1) is 11.4 Å². The fourth-order valence-corrected chi connectivity index (χ4v) is 2.17. The van der Waals surface area contributed by atoms with Gasteiger partial charge in [-0.3, -0.25) is 14.5 Å². The molecule has 0 fully saturated rings. The van der Waals surface area contributed by atoms with E-state index >= 15 is 0 Å². The molecule has 1 aliphatic heterocycles. The SMILES string of the molecule is O=C1CN(C(=O)c2ccccc2)c2cc(F)ccc2N1. The summed E-state index contributed by atoms with van der Waals surface area (Å²) >= 11 is 0. The molecule has 1 heterocycles. The molecule has 0 saturated heterocycles. The molecule has 100 valence electrons. The number of anilines is 2. The van der Waals surface area contributed by atoms with Crippen molar-refractivity contribution in [2.24, 2.45) is 0 Å². The number of carbonyl (C=O) groups excluding carboxylic acids is 2. The third kappa shape index (κ3) is 2.14. The van der Waals surface area contributed by atoms with Crippen molar-refractivity contribution in [1.82, 2.24) is 0 Å². The molecular formula is C15H11FN2O2. The molecular weight excluding hydrogens is 259 g/mol. The summed E-state index contributed by atoms with van der Waals surface area (Å²) in [5, 5.41) is 2.62. The van der Waals surface area contributed by atoms with Crippen LogP contribution in [-0.4, -0.2) is 18.4 Å². The normalized spacial score (nSPS) is 13.7. The lowest BCUT2D eigenvalue weighted by atomic mass is 10.1. The second-order valence-corrected chi connectivity index (χ2v) is 4.47. The van der Waals surface area contributed by atoms with Gasteiger partial charge >= 0.3 is 0 Å². The van der Waals surface area contributed by atoms with E-state index in [0.29, 0.717) is 16.9 Å². The number of rotatable bonds is 1. The Hall–Kier alpha value is -2.69. The average Bonchev–Trinajstić information content (AvgIpc) is 2.47. The van der Waals surface area contributed by atoms with Gasteiger partial charge in [0.2, 0.25) is 5.91 Å². The number of hydrogen-bond acceptors (Lipinski definition) is 2. The van der Waals surface area contributed by atoms with Gasteiger partial charge in [-0.15, -0.1) is 0 Å². The number of benzene rings is 2. The lowest BCUT2D eigenvalue weighted by Gasteiger charge is -2.29. The van der Waals surface area contributed by atoms with Gasteiger partial charge in [0, 0.05) is 5.56 Å². The third-order valence-electron chi connectivity index (χ3n) is 3.09. The number of amides is 2. The maximum atomic E-state index is 13.4. The first-order valence-corrected chi connectivity index (χ1v) is 6.11. The quantitative estimate of drug-likeness (QED) is 0.865. The number of nitrogens with one attached hydrogen (secondary N) is 1. The van der Waals surface area contributed by atoms with Gasteiger partial charge in [0.15, 0.2) is 0 Å². The summed E-state index contributed by atoms with van der Waals surface area (Å²) in [6.07, 6.45) is 0. The molecule has 0 unspecified atom stereocenters. The molecule has 3 rings (SSSR count). The second kappa shape index (κ2) is 4.77. The summed E-state index contributed by atoms with van der Waals surface area (Å²) in [4.78, 5) is 25.4. The highest BCUT2D eigenvalue weighted by Crippen LogP contribution is 2.31. The molecule has 2 aromatic rings. The van der Waals surface area contributed by atoms with Crippen molar-refractivity contribution in [2.45, 2.75) is 0 Å². The summed E-state index contributed by atoms with van der Waals surface area (Å²) in [6.45, 7) is -0.121. The van der Waals surface area contributed by atoms with Crippen LogP contribution in [0.2, 0.25) is 0 Å². The zero-order valence-corrected chi connectivity index (χ0v) is 10.5. The summed E-state index contributed by atoms with van der Waals surface area (Å²) in [5.74, 6) is -1.08. The molecule has 5 heteroatoms. The van der Waals surface area contributed by atoms with Crippen LogP contribution in [0, 0.1) is 5.82 Å². The minimum atomic E-state index is -0.453. The van der Waals surface area contributed by atoms with Crippen molar-refractivity contribution in [1.29, 1.82) is 0 Å². The third-order valence-corrected chi connectivity index (χ3v) is 3.09. The Morgan fingerprint density at radius 2 is 1.90 bits per heavy atom. The van der Waals surface area contributed by atoms with Gasteiger partial charge < -0.3 is 5.32 Å². The fourth-order valence-electron chi connectivity index (χ4n) is 2.17. The van der Waals surface area contributed by atoms with E-state index in [4.69, 9.17) is 0 Å². The van der Waals surface area contributed by atoms with Crippen molar-refractivity contribution in [2.75, 3.05) is 16.8 Å². The van der Waals surface area contributed by atoms with Crippen molar-refractivity contribution in [3.8, 4) is 0 Å². The van der Waals surface area contributed by atoms with Crippen molar-refractivity contribution >= 4 is 23.2 Å². The molecule has 1 aliphatic rings. The van der Waals surface area contributed by atoms with Gasteiger partial charge in [-0.25, -0.2) is 4.39 Å². The van der Waals surface area contributed by atoms with Crippen LogP contribution < -0.4 is 10.2 Å². The van der Waals surface area contributed by atoms with Crippen LogP contribution in [0.4, 0.5) is 15.8 Å². The molecule has 2 amide bonds. The highest BCUT2D eigenvalue weighted by molar-refractivity contribution is 6.15. The summed E-state index contributed by atoms with van der Waals surface area (Å²) in [6, 6.07) is 12.5. The van der Waals surface area contributed by atoms with E-state index in [0.717, 1.165) is 0 Å². The Morgan fingerprint density at radius 1 is 1.15 bits per heavy atom. The molecule has 0 spiro atoms. The Bertz CT molecular complexity index is 686. The Morgan fingerprint density at radius 3 is 2.65 bits per heavy atom.